The predicted octanol–water partition coefficient (Wildman–Crippen LogP) is 1.05. The van der Waals surface area contributed by atoms with Gasteiger partial charge in [-0.15, -0.1) is 0 Å². The Morgan fingerprint density at radius 2 is 2.25 bits per heavy atom. The Balaban J connectivity index is 3.33. The average Bonchev–Trinajstić information content (AvgIpc) is 2.05. The monoisotopic (exact) mass is 237 g/mol. The van der Waals surface area contributed by atoms with Gasteiger partial charge in [0.25, 0.3) is 0 Å². The molecule has 12 heavy (non-hydrogen) atoms. The highest BCUT2D eigenvalue weighted by atomic mass is 79.9. The van der Waals surface area contributed by atoms with Crippen LogP contribution in [0.4, 0.5) is 0 Å². The van der Waals surface area contributed by atoms with Gasteiger partial charge in [-0.2, -0.15) is 0 Å². The highest BCUT2D eigenvalue weighted by Gasteiger charge is 2.04. The van der Waals surface area contributed by atoms with E-state index >= 15 is 0 Å². The molecule has 0 saturated heterocycles. The summed E-state index contributed by atoms with van der Waals surface area (Å²) in [6, 6.07) is -0.124. The van der Waals surface area contributed by atoms with E-state index in [-0.39, 0.29) is 18.6 Å². The van der Waals surface area contributed by atoms with Crippen LogP contribution in [0, 0.1) is 0 Å². The van der Waals surface area contributed by atoms with Crippen molar-refractivity contribution < 1.29 is 9.90 Å². The normalized spacial score (nSPS) is 12.6. The molecule has 0 aromatic rings. The molecule has 72 valence electrons. The number of amides is 1. The molecule has 0 rings (SSSR count). The zero-order valence-corrected chi connectivity index (χ0v) is 8.93. The number of rotatable bonds is 6. The lowest BCUT2D eigenvalue weighted by molar-refractivity contribution is -0.122. The van der Waals surface area contributed by atoms with Gasteiger partial charge < -0.3 is 10.4 Å². The lowest BCUT2D eigenvalue weighted by Gasteiger charge is -2.09. The lowest BCUT2D eigenvalue weighted by atomic mass is 10.2. The van der Waals surface area contributed by atoms with E-state index in [1.807, 2.05) is 0 Å². The summed E-state index contributed by atoms with van der Waals surface area (Å²) in [5.41, 5.74) is 0. The van der Waals surface area contributed by atoms with E-state index in [1.54, 1.807) is 6.92 Å². The number of aliphatic hydroxyl groups is 1. The number of nitrogens with one attached hydrogen (secondary N) is 1. The topological polar surface area (TPSA) is 49.3 Å². The second-order valence-corrected chi connectivity index (χ2v) is 3.59. The number of alkyl halides is 1. The Labute approximate surface area is 81.7 Å². The van der Waals surface area contributed by atoms with Crippen molar-refractivity contribution in [2.24, 2.45) is 0 Å². The molecular formula is C8H16BrNO2. The van der Waals surface area contributed by atoms with E-state index in [1.165, 1.54) is 0 Å². The zero-order chi connectivity index (χ0) is 9.40. The molecule has 0 fully saturated rings. The third kappa shape index (κ3) is 6.61. The lowest BCUT2D eigenvalue weighted by Crippen LogP contribution is -2.34. The van der Waals surface area contributed by atoms with Gasteiger partial charge in [-0.05, 0) is 19.8 Å². The summed E-state index contributed by atoms with van der Waals surface area (Å²) in [5.74, 6) is 0.0255. The first-order chi connectivity index (χ1) is 5.70. The van der Waals surface area contributed by atoms with Gasteiger partial charge in [-0.1, -0.05) is 15.9 Å². The number of carbonyl (C=O) groups excluding carboxylic acids is 1. The van der Waals surface area contributed by atoms with Crippen LogP contribution in [0.1, 0.15) is 26.2 Å². The number of hydrogen-bond acceptors (Lipinski definition) is 2. The molecule has 0 aliphatic rings. The van der Waals surface area contributed by atoms with Crippen LogP contribution in [0.15, 0.2) is 0 Å². The Hall–Kier alpha value is -0.0900. The number of carbonyl (C=O) groups is 1. The van der Waals surface area contributed by atoms with Gasteiger partial charge in [0, 0.05) is 17.8 Å². The molecule has 0 spiro atoms. The van der Waals surface area contributed by atoms with Gasteiger partial charge in [0.1, 0.15) is 0 Å². The maximum atomic E-state index is 11.0. The van der Waals surface area contributed by atoms with E-state index in [2.05, 4.69) is 21.2 Å². The van der Waals surface area contributed by atoms with Crippen molar-refractivity contribution in [3.05, 3.63) is 0 Å². The fourth-order valence-electron chi connectivity index (χ4n) is 0.773. The number of aliphatic hydroxyl groups excluding tert-OH is 1. The fraction of sp³-hybridized carbons (Fsp3) is 0.875. The smallest absolute Gasteiger partial charge is 0.220 e. The summed E-state index contributed by atoms with van der Waals surface area (Å²) in [6.07, 6.45) is 2.46. The van der Waals surface area contributed by atoms with Crippen LogP contribution >= 0.6 is 15.9 Å². The van der Waals surface area contributed by atoms with Crippen LogP contribution < -0.4 is 5.32 Å². The van der Waals surface area contributed by atoms with Crippen molar-refractivity contribution in [1.82, 2.24) is 5.32 Å². The third-order valence-electron chi connectivity index (χ3n) is 1.47. The first kappa shape index (κ1) is 11.9. The SMILES string of the molecule is CC(CO)NC(=O)CCCCBr. The fourth-order valence-corrected chi connectivity index (χ4v) is 1.17. The summed E-state index contributed by atoms with van der Waals surface area (Å²) in [4.78, 5) is 11.0. The molecule has 1 unspecified atom stereocenters. The summed E-state index contributed by atoms with van der Waals surface area (Å²) in [5, 5.41) is 12.3. The molecule has 4 heteroatoms. The second kappa shape index (κ2) is 7.55. The Morgan fingerprint density at radius 1 is 1.58 bits per heavy atom. The molecule has 0 radical (unpaired) electrons. The van der Waals surface area contributed by atoms with E-state index in [0.717, 1.165) is 18.2 Å². The first-order valence-electron chi connectivity index (χ1n) is 4.17. The van der Waals surface area contributed by atoms with Crippen molar-refractivity contribution in [2.75, 3.05) is 11.9 Å². The van der Waals surface area contributed by atoms with Gasteiger partial charge >= 0.3 is 0 Å². The molecule has 1 amide bonds. The van der Waals surface area contributed by atoms with Crippen molar-refractivity contribution >= 4 is 21.8 Å². The second-order valence-electron chi connectivity index (χ2n) is 2.80. The molecule has 0 bridgehead atoms. The summed E-state index contributed by atoms with van der Waals surface area (Å²) in [7, 11) is 0. The van der Waals surface area contributed by atoms with Crippen LogP contribution in [0.3, 0.4) is 0 Å². The third-order valence-corrected chi connectivity index (χ3v) is 2.03. The molecule has 3 nitrogen and oxygen atoms in total. The summed E-state index contributed by atoms with van der Waals surface area (Å²) < 4.78 is 0. The van der Waals surface area contributed by atoms with Crippen LogP contribution in [-0.4, -0.2) is 29.0 Å². The highest BCUT2D eigenvalue weighted by molar-refractivity contribution is 9.09. The minimum Gasteiger partial charge on any atom is -0.394 e. The van der Waals surface area contributed by atoms with Gasteiger partial charge in [0.05, 0.1) is 6.61 Å². The first-order valence-corrected chi connectivity index (χ1v) is 5.29. The number of halogens is 1. The van der Waals surface area contributed by atoms with Gasteiger partial charge in [0.15, 0.2) is 0 Å². The molecular weight excluding hydrogens is 222 g/mol. The Morgan fingerprint density at radius 3 is 2.75 bits per heavy atom. The molecule has 0 aromatic carbocycles. The average molecular weight is 238 g/mol. The summed E-state index contributed by atoms with van der Waals surface area (Å²) >= 11 is 3.29. The number of unbranched alkanes of at least 4 members (excludes halogenated alkanes) is 1. The van der Waals surface area contributed by atoms with Crippen LogP contribution in [0.5, 0.6) is 0 Å². The summed E-state index contributed by atoms with van der Waals surface area (Å²) in [6.45, 7) is 1.78. The minimum absolute atomic E-state index is 0.00415. The van der Waals surface area contributed by atoms with Gasteiger partial charge in [-0.25, -0.2) is 0 Å². The molecule has 0 aliphatic heterocycles. The minimum atomic E-state index is -0.124. The quantitative estimate of drug-likeness (QED) is 0.536. The molecule has 0 aliphatic carbocycles. The largest absolute Gasteiger partial charge is 0.394 e. The van der Waals surface area contributed by atoms with Crippen molar-refractivity contribution in [2.45, 2.75) is 32.2 Å². The molecule has 0 saturated carbocycles. The predicted molar refractivity (Wildman–Crippen MR) is 52.3 cm³/mol. The molecule has 0 heterocycles. The number of hydrogen-bond donors (Lipinski definition) is 2. The van der Waals surface area contributed by atoms with E-state index in [9.17, 15) is 4.79 Å². The zero-order valence-electron chi connectivity index (χ0n) is 7.35. The Bertz CT molecular complexity index is 130. The maximum absolute atomic E-state index is 11.0. The van der Waals surface area contributed by atoms with Crippen molar-refractivity contribution in [1.29, 1.82) is 0 Å². The van der Waals surface area contributed by atoms with Crippen LogP contribution in [0.2, 0.25) is 0 Å². The molecule has 1 atom stereocenters. The van der Waals surface area contributed by atoms with E-state index in [0.29, 0.717) is 6.42 Å². The maximum Gasteiger partial charge on any atom is 0.220 e. The Kier molecular flexibility index (Phi) is 7.50. The standard InChI is InChI=1S/C8H16BrNO2/c1-7(6-11)10-8(12)4-2-3-5-9/h7,11H,2-6H2,1H3,(H,10,12). The van der Waals surface area contributed by atoms with Crippen molar-refractivity contribution in [3.63, 3.8) is 0 Å². The molecule has 2 N–H and O–H groups in total. The van der Waals surface area contributed by atoms with Crippen LogP contribution in [-0.2, 0) is 4.79 Å². The van der Waals surface area contributed by atoms with Gasteiger partial charge in [0.2, 0.25) is 5.91 Å². The van der Waals surface area contributed by atoms with E-state index < -0.39 is 0 Å². The highest BCUT2D eigenvalue weighted by Crippen LogP contribution is 1.98. The van der Waals surface area contributed by atoms with E-state index in [4.69, 9.17) is 5.11 Å². The van der Waals surface area contributed by atoms with Crippen LogP contribution in [0.25, 0.3) is 0 Å². The van der Waals surface area contributed by atoms with Gasteiger partial charge in [-0.3, -0.25) is 4.79 Å². The van der Waals surface area contributed by atoms with Crippen molar-refractivity contribution in [3.8, 4) is 0 Å². The molecule has 0 aromatic heterocycles.